The molecule has 80 valence electrons. The van der Waals surface area contributed by atoms with Crippen molar-refractivity contribution in [1.82, 2.24) is 9.78 Å². The molecule has 0 spiro atoms. The van der Waals surface area contributed by atoms with Gasteiger partial charge in [0.15, 0.2) is 0 Å². The summed E-state index contributed by atoms with van der Waals surface area (Å²) in [6.45, 7) is 0.346. The molecule has 0 bridgehead atoms. The SMILES string of the molecule is NCCc1cnn(CCC(F)(F)F)c1. The predicted molar refractivity (Wildman–Crippen MR) is 45.7 cm³/mol. The van der Waals surface area contributed by atoms with E-state index in [1.54, 1.807) is 12.4 Å². The highest BCUT2D eigenvalue weighted by Crippen LogP contribution is 2.19. The van der Waals surface area contributed by atoms with E-state index in [4.69, 9.17) is 5.73 Å². The third-order valence-corrected chi connectivity index (χ3v) is 1.74. The zero-order chi connectivity index (χ0) is 10.6. The highest BCUT2D eigenvalue weighted by atomic mass is 19.4. The van der Waals surface area contributed by atoms with Crippen molar-refractivity contribution in [3.8, 4) is 0 Å². The number of nitrogens with zero attached hydrogens (tertiary/aromatic N) is 2. The monoisotopic (exact) mass is 207 g/mol. The van der Waals surface area contributed by atoms with Crippen LogP contribution >= 0.6 is 0 Å². The molecule has 6 heteroatoms. The quantitative estimate of drug-likeness (QED) is 0.809. The van der Waals surface area contributed by atoms with Crippen LogP contribution < -0.4 is 5.73 Å². The van der Waals surface area contributed by atoms with Gasteiger partial charge in [-0.15, -0.1) is 0 Å². The molecule has 2 N–H and O–H groups in total. The van der Waals surface area contributed by atoms with Crippen molar-refractivity contribution in [2.24, 2.45) is 5.73 Å². The minimum atomic E-state index is -4.13. The van der Waals surface area contributed by atoms with E-state index < -0.39 is 12.6 Å². The van der Waals surface area contributed by atoms with Crippen LogP contribution in [0.3, 0.4) is 0 Å². The molecule has 14 heavy (non-hydrogen) atoms. The second-order valence-corrected chi connectivity index (χ2v) is 3.02. The molecule has 0 aromatic carbocycles. The molecule has 0 saturated carbocycles. The first-order chi connectivity index (χ1) is 6.51. The summed E-state index contributed by atoms with van der Waals surface area (Å²) in [6.07, 6.45) is -1.19. The number of hydrogen-bond acceptors (Lipinski definition) is 2. The molecule has 0 fully saturated rings. The summed E-state index contributed by atoms with van der Waals surface area (Å²) < 4.78 is 36.8. The molecule has 0 atom stereocenters. The van der Waals surface area contributed by atoms with E-state index in [1.165, 1.54) is 4.68 Å². The van der Waals surface area contributed by atoms with E-state index in [0.29, 0.717) is 13.0 Å². The topological polar surface area (TPSA) is 43.8 Å². The molecular formula is C8H12F3N3. The van der Waals surface area contributed by atoms with Gasteiger partial charge >= 0.3 is 6.18 Å². The van der Waals surface area contributed by atoms with Crippen LogP contribution in [0.2, 0.25) is 0 Å². The highest BCUT2D eigenvalue weighted by molar-refractivity contribution is 5.03. The summed E-state index contributed by atoms with van der Waals surface area (Å²) >= 11 is 0. The van der Waals surface area contributed by atoms with Gasteiger partial charge in [-0.25, -0.2) is 0 Å². The van der Waals surface area contributed by atoms with Crippen molar-refractivity contribution in [2.75, 3.05) is 6.54 Å². The fraction of sp³-hybridized carbons (Fsp3) is 0.625. The first kappa shape index (κ1) is 11.0. The molecule has 1 aromatic rings. The standard InChI is InChI=1S/C8H12F3N3/c9-8(10,11)2-4-14-6-7(1-3-12)5-13-14/h5-6H,1-4,12H2. The zero-order valence-electron chi connectivity index (χ0n) is 7.59. The second-order valence-electron chi connectivity index (χ2n) is 3.02. The summed E-state index contributed by atoms with van der Waals surface area (Å²) in [5.41, 5.74) is 6.17. The van der Waals surface area contributed by atoms with Gasteiger partial charge in [-0.3, -0.25) is 4.68 Å². The molecule has 1 heterocycles. The highest BCUT2D eigenvalue weighted by Gasteiger charge is 2.26. The Labute approximate surface area is 79.7 Å². The summed E-state index contributed by atoms with van der Waals surface area (Å²) in [6, 6.07) is 0. The van der Waals surface area contributed by atoms with Crippen molar-refractivity contribution in [2.45, 2.75) is 25.6 Å². The third kappa shape index (κ3) is 3.78. The van der Waals surface area contributed by atoms with Crippen LogP contribution in [-0.2, 0) is 13.0 Å². The molecule has 0 aliphatic carbocycles. The zero-order valence-corrected chi connectivity index (χ0v) is 7.59. The molecular weight excluding hydrogens is 195 g/mol. The Balaban J connectivity index is 2.44. The largest absolute Gasteiger partial charge is 0.390 e. The number of rotatable bonds is 4. The Kier molecular flexibility index (Phi) is 3.51. The third-order valence-electron chi connectivity index (χ3n) is 1.74. The van der Waals surface area contributed by atoms with Crippen LogP contribution in [0.4, 0.5) is 13.2 Å². The van der Waals surface area contributed by atoms with Crippen LogP contribution in [0.5, 0.6) is 0 Å². The van der Waals surface area contributed by atoms with E-state index in [2.05, 4.69) is 5.10 Å². The van der Waals surface area contributed by atoms with E-state index in [0.717, 1.165) is 5.56 Å². The summed E-state index contributed by atoms with van der Waals surface area (Å²) in [4.78, 5) is 0. The lowest BCUT2D eigenvalue weighted by Crippen LogP contribution is -2.12. The van der Waals surface area contributed by atoms with Crippen molar-refractivity contribution in [1.29, 1.82) is 0 Å². The van der Waals surface area contributed by atoms with Gasteiger partial charge in [-0.05, 0) is 18.5 Å². The van der Waals surface area contributed by atoms with Crippen molar-refractivity contribution >= 4 is 0 Å². The molecule has 0 radical (unpaired) electrons. The van der Waals surface area contributed by atoms with Gasteiger partial charge in [0.2, 0.25) is 0 Å². The first-order valence-electron chi connectivity index (χ1n) is 4.29. The van der Waals surface area contributed by atoms with E-state index in [9.17, 15) is 13.2 Å². The average Bonchev–Trinajstić information content (AvgIpc) is 2.49. The van der Waals surface area contributed by atoms with Gasteiger partial charge in [0.25, 0.3) is 0 Å². The molecule has 0 saturated heterocycles. The number of aryl methyl sites for hydroxylation is 1. The Morgan fingerprint density at radius 2 is 2.14 bits per heavy atom. The van der Waals surface area contributed by atoms with Gasteiger partial charge in [0, 0.05) is 12.7 Å². The number of halogens is 3. The van der Waals surface area contributed by atoms with Gasteiger partial charge in [0.05, 0.1) is 12.6 Å². The van der Waals surface area contributed by atoms with E-state index >= 15 is 0 Å². The van der Waals surface area contributed by atoms with Gasteiger partial charge in [-0.2, -0.15) is 18.3 Å². The number of aromatic nitrogens is 2. The predicted octanol–water partition coefficient (Wildman–Crippen LogP) is 1.34. The van der Waals surface area contributed by atoms with Crippen molar-refractivity contribution in [3.05, 3.63) is 18.0 Å². The van der Waals surface area contributed by atoms with Crippen LogP contribution in [0.15, 0.2) is 12.4 Å². The summed E-state index contributed by atoms with van der Waals surface area (Å²) in [5, 5.41) is 3.80. The molecule has 0 amide bonds. The minimum absolute atomic E-state index is 0.131. The Morgan fingerprint density at radius 3 is 2.71 bits per heavy atom. The Hall–Kier alpha value is -1.04. The molecule has 3 nitrogen and oxygen atoms in total. The lowest BCUT2D eigenvalue weighted by atomic mass is 10.3. The molecule has 0 unspecified atom stereocenters. The number of nitrogens with two attached hydrogens (primary N) is 1. The second kappa shape index (κ2) is 4.45. The minimum Gasteiger partial charge on any atom is -0.330 e. The maximum atomic E-state index is 11.8. The van der Waals surface area contributed by atoms with Crippen LogP contribution in [0, 0.1) is 0 Å². The Bertz CT molecular complexity index is 280. The van der Waals surface area contributed by atoms with Crippen molar-refractivity contribution in [3.63, 3.8) is 0 Å². The average molecular weight is 207 g/mol. The fourth-order valence-electron chi connectivity index (χ4n) is 1.07. The molecule has 0 aliphatic rings. The molecule has 1 rings (SSSR count). The van der Waals surface area contributed by atoms with Crippen LogP contribution in [0.25, 0.3) is 0 Å². The molecule has 0 aliphatic heterocycles. The lowest BCUT2D eigenvalue weighted by molar-refractivity contribution is -0.137. The first-order valence-corrected chi connectivity index (χ1v) is 4.29. The van der Waals surface area contributed by atoms with Crippen LogP contribution in [0.1, 0.15) is 12.0 Å². The smallest absolute Gasteiger partial charge is 0.330 e. The van der Waals surface area contributed by atoms with E-state index in [-0.39, 0.29) is 6.54 Å². The van der Waals surface area contributed by atoms with E-state index in [1.807, 2.05) is 0 Å². The summed E-state index contributed by atoms with van der Waals surface area (Å²) in [5.74, 6) is 0. The van der Waals surface area contributed by atoms with Crippen molar-refractivity contribution < 1.29 is 13.2 Å². The maximum absolute atomic E-state index is 11.8. The summed E-state index contributed by atoms with van der Waals surface area (Å²) in [7, 11) is 0. The van der Waals surface area contributed by atoms with Gasteiger partial charge < -0.3 is 5.73 Å². The number of alkyl halides is 3. The van der Waals surface area contributed by atoms with Gasteiger partial charge in [0.1, 0.15) is 0 Å². The number of hydrogen-bond donors (Lipinski definition) is 1. The normalized spacial score (nSPS) is 12.0. The Morgan fingerprint density at radius 1 is 1.43 bits per heavy atom. The fourth-order valence-corrected chi connectivity index (χ4v) is 1.07. The molecule has 1 aromatic heterocycles. The lowest BCUT2D eigenvalue weighted by Gasteiger charge is -2.05. The maximum Gasteiger partial charge on any atom is 0.390 e. The van der Waals surface area contributed by atoms with Gasteiger partial charge in [-0.1, -0.05) is 0 Å². The van der Waals surface area contributed by atoms with Crippen LogP contribution in [-0.4, -0.2) is 22.5 Å².